The van der Waals surface area contributed by atoms with Gasteiger partial charge >= 0.3 is 12.1 Å². The number of carbonyl (C=O) groups is 2. The summed E-state index contributed by atoms with van der Waals surface area (Å²) in [5.41, 5.74) is 0.818. The molecule has 6 nitrogen and oxygen atoms in total. The summed E-state index contributed by atoms with van der Waals surface area (Å²) in [5, 5.41) is 9.80. The van der Waals surface area contributed by atoms with Crippen molar-refractivity contribution in [2.45, 2.75) is 32.5 Å². The fourth-order valence-electron chi connectivity index (χ4n) is 2.15. The number of rotatable bonds is 6. The molecular formula is C16H17ClN2O4S. The van der Waals surface area contributed by atoms with Gasteiger partial charge in [0.15, 0.2) is 6.04 Å². The summed E-state index contributed by atoms with van der Waals surface area (Å²) >= 11 is 6.87. The van der Waals surface area contributed by atoms with E-state index in [1.807, 2.05) is 30.3 Å². The number of amides is 1. The molecule has 8 heteroatoms. The Labute approximate surface area is 148 Å². The molecule has 1 heterocycles. The van der Waals surface area contributed by atoms with Crippen LogP contribution in [0.5, 0.6) is 0 Å². The third kappa shape index (κ3) is 4.46. The number of carboxylic acids is 1. The van der Waals surface area contributed by atoms with Crippen LogP contribution in [0.1, 0.15) is 30.5 Å². The maximum atomic E-state index is 12.5. The van der Waals surface area contributed by atoms with Crippen LogP contribution in [0, 0.1) is 0 Å². The fraction of sp³-hybridized carbons (Fsp3) is 0.312. The Balaban J connectivity index is 2.19. The third-order valence-corrected chi connectivity index (χ3v) is 4.38. The van der Waals surface area contributed by atoms with E-state index < -0.39 is 24.1 Å². The number of nitrogens with zero attached hydrogens (tertiary/aromatic N) is 2. The van der Waals surface area contributed by atoms with Crippen molar-refractivity contribution in [1.29, 1.82) is 0 Å². The molecule has 0 saturated heterocycles. The summed E-state index contributed by atoms with van der Waals surface area (Å²) in [6.45, 7) is 3.50. The van der Waals surface area contributed by atoms with E-state index in [0.29, 0.717) is 4.34 Å². The van der Waals surface area contributed by atoms with Gasteiger partial charge in [0.1, 0.15) is 16.0 Å². The summed E-state index contributed by atoms with van der Waals surface area (Å²) in [6.07, 6.45) is 0.651. The van der Waals surface area contributed by atoms with E-state index in [2.05, 4.69) is 4.98 Å². The average molecular weight is 369 g/mol. The third-order valence-electron chi connectivity index (χ3n) is 3.21. The number of hydrogen-bond acceptors (Lipinski definition) is 5. The topological polar surface area (TPSA) is 79.7 Å². The Morgan fingerprint density at radius 3 is 2.50 bits per heavy atom. The first-order valence-corrected chi connectivity index (χ1v) is 8.42. The number of ether oxygens (including phenoxy) is 1. The van der Waals surface area contributed by atoms with Crippen molar-refractivity contribution in [2.75, 3.05) is 0 Å². The Morgan fingerprint density at radius 1 is 1.33 bits per heavy atom. The normalized spacial score (nSPS) is 12.0. The molecule has 2 aromatic rings. The maximum absolute atomic E-state index is 12.5. The van der Waals surface area contributed by atoms with Crippen molar-refractivity contribution in [1.82, 2.24) is 9.88 Å². The van der Waals surface area contributed by atoms with Crippen molar-refractivity contribution >= 4 is 35.0 Å². The zero-order valence-electron chi connectivity index (χ0n) is 13.2. The molecule has 0 saturated carbocycles. The van der Waals surface area contributed by atoms with Gasteiger partial charge in [0.2, 0.25) is 0 Å². The second kappa shape index (κ2) is 8.12. The molecule has 0 aliphatic carbocycles. The van der Waals surface area contributed by atoms with Gasteiger partial charge in [-0.15, -0.1) is 11.3 Å². The highest BCUT2D eigenvalue weighted by molar-refractivity contribution is 7.16. The molecule has 0 aliphatic rings. The van der Waals surface area contributed by atoms with Crippen molar-refractivity contribution < 1.29 is 19.4 Å². The summed E-state index contributed by atoms with van der Waals surface area (Å²) < 4.78 is 5.64. The quantitative estimate of drug-likeness (QED) is 0.834. The minimum atomic E-state index is -1.24. The molecule has 0 fully saturated rings. The zero-order chi connectivity index (χ0) is 17.7. The molecule has 0 aliphatic heterocycles. The van der Waals surface area contributed by atoms with Crippen molar-refractivity contribution in [3.8, 4) is 0 Å². The summed E-state index contributed by atoms with van der Waals surface area (Å²) in [5.74, 6) is -1.19. The monoisotopic (exact) mass is 368 g/mol. The molecule has 2 rings (SSSR count). The molecule has 0 bridgehead atoms. The zero-order valence-corrected chi connectivity index (χ0v) is 14.8. The fourth-order valence-corrected chi connectivity index (χ4v) is 3.17. The highest BCUT2D eigenvalue weighted by atomic mass is 35.5. The van der Waals surface area contributed by atoms with Gasteiger partial charge in [-0.2, -0.15) is 0 Å². The molecule has 1 N–H and O–H groups in total. The van der Waals surface area contributed by atoms with Crippen LogP contribution in [0.2, 0.25) is 4.34 Å². The molecular weight excluding hydrogens is 352 g/mol. The average Bonchev–Trinajstić information content (AvgIpc) is 2.96. The van der Waals surface area contributed by atoms with Gasteiger partial charge in [0.05, 0.1) is 6.20 Å². The first-order chi connectivity index (χ1) is 11.4. The van der Waals surface area contributed by atoms with Gasteiger partial charge in [-0.1, -0.05) is 41.9 Å². The molecule has 1 aromatic heterocycles. The summed E-state index contributed by atoms with van der Waals surface area (Å²) in [6, 6.07) is 7.54. The van der Waals surface area contributed by atoms with E-state index in [0.717, 1.165) is 21.8 Å². The lowest BCUT2D eigenvalue weighted by Gasteiger charge is -2.30. The Kier molecular flexibility index (Phi) is 6.16. The molecule has 0 radical (unpaired) electrons. The van der Waals surface area contributed by atoms with E-state index >= 15 is 0 Å². The minimum Gasteiger partial charge on any atom is -0.479 e. The standard InChI is InChI=1S/C16H17ClN2O4S/c1-10(2)19(13(15(20)21)14-18-8-12(17)24-14)16(22)23-9-11-6-4-3-5-7-11/h3-8,10,13H,9H2,1-2H3,(H,20,21). The molecule has 24 heavy (non-hydrogen) atoms. The summed E-state index contributed by atoms with van der Waals surface area (Å²) in [7, 11) is 0. The summed E-state index contributed by atoms with van der Waals surface area (Å²) in [4.78, 5) is 29.3. The lowest BCUT2D eigenvalue weighted by Crippen LogP contribution is -2.43. The molecule has 128 valence electrons. The van der Waals surface area contributed by atoms with Gasteiger partial charge < -0.3 is 9.84 Å². The van der Waals surface area contributed by atoms with Crippen LogP contribution in [0.25, 0.3) is 0 Å². The first-order valence-electron chi connectivity index (χ1n) is 7.23. The lowest BCUT2D eigenvalue weighted by atomic mass is 10.2. The van der Waals surface area contributed by atoms with Crippen molar-refractivity contribution in [3.05, 3.63) is 51.4 Å². The largest absolute Gasteiger partial charge is 0.479 e. The second-order valence-electron chi connectivity index (χ2n) is 5.28. The van der Waals surface area contributed by atoms with Crippen LogP contribution >= 0.6 is 22.9 Å². The van der Waals surface area contributed by atoms with E-state index in [1.165, 1.54) is 6.20 Å². The highest BCUT2D eigenvalue weighted by Crippen LogP contribution is 2.30. The van der Waals surface area contributed by atoms with Gasteiger partial charge in [-0.25, -0.2) is 14.6 Å². The number of hydrogen-bond donors (Lipinski definition) is 1. The van der Waals surface area contributed by atoms with Crippen molar-refractivity contribution in [2.24, 2.45) is 0 Å². The smallest absolute Gasteiger partial charge is 0.411 e. The van der Waals surface area contributed by atoms with Gasteiger partial charge in [-0.3, -0.25) is 4.90 Å². The van der Waals surface area contributed by atoms with Gasteiger partial charge in [-0.05, 0) is 19.4 Å². The molecule has 1 atom stereocenters. The van der Waals surface area contributed by atoms with E-state index in [1.54, 1.807) is 13.8 Å². The number of halogens is 1. The van der Waals surface area contributed by atoms with Crippen LogP contribution in [-0.4, -0.2) is 33.1 Å². The molecule has 1 amide bonds. The van der Waals surface area contributed by atoms with Crippen LogP contribution in [-0.2, 0) is 16.1 Å². The molecule has 1 unspecified atom stereocenters. The van der Waals surface area contributed by atoms with E-state index in [9.17, 15) is 14.7 Å². The number of aromatic nitrogens is 1. The predicted octanol–water partition coefficient (Wildman–Crippen LogP) is 3.97. The van der Waals surface area contributed by atoms with Crippen LogP contribution in [0.4, 0.5) is 4.79 Å². The number of carboxylic acid groups (broad SMARTS) is 1. The Bertz CT molecular complexity index is 705. The SMILES string of the molecule is CC(C)N(C(=O)OCc1ccccc1)C(C(=O)O)c1ncc(Cl)s1. The molecule has 1 aromatic carbocycles. The Morgan fingerprint density at radius 2 is 2.00 bits per heavy atom. The van der Waals surface area contributed by atoms with Crippen LogP contribution in [0.15, 0.2) is 36.5 Å². The van der Waals surface area contributed by atoms with Gasteiger partial charge in [0.25, 0.3) is 0 Å². The number of benzene rings is 1. The number of aliphatic carboxylic acids is 1. The predicted molar refractivity (Wildman–Crippen MR) is 91.1 cm³/mol. The minimum absolute atomic E-state index is 0.0634. The van der Waals surface area contributed by atoms with Gasteiger partial charge in [0, 0.05) is 6.04 Å². The highest BCUT2D eigenvalue weighted by Gasteiger charge is 2.36. The van der Waals surface area contributed by atoms with E-state index in [4.69, 9.17) is 16.3 Å². The second-order valence-corrected chi connectivity index (χ2v) is 6.98. The lowest BCUT2D eigenvalue weighted by molar-refractivity contribution is -0.143. The van der Waals surface area contributed by atoms with Crippen LogP contribution < -0.4 is 0 Å². The maximum Gasteiger partial charge on any atom is 0.411 e. The number of thiazole rings is 1. The first kappa shape index (κ1) is 18.2. The van der Waals surface area contributed by atoms with Crippen molar-refractivity contribution in [3.63, 3.8) is 0 Å². The van der Waals surface area contributed by atoms with E-state index in [-0.39, 0.29) is 11.6 Å². The van der Waals surface area contributed by atoms with Crippen LogP contribution in [0.3, 0.4) is 0 Å². The molecule has 0 spiro atoms. The number of carbonyl (C=O) groups excluding carboxylic acids is 1. The Hall–Kier alpha value is -2.12.